The van der Waals surface area contributed by atoms with E-state index in [1.165, 1.54) is 31.2 Å². The number of para-hydroxylation sites is 1. The van der Waals surface area contributed by atoms with Gasteiger partial charge in [-0.2, -0.15) is 0 Å². The highest BCUT2D eigenvalue weighted by Gasteiger charge is 2.15. The van der Waals surface area contributed by atoms with Crippen LogP contribution >= 0.6 is 0 Å². The van der Waals surface area contributed by atoms with Gasteiger partial charge in [-0.15, -0.1) is 0 Å². The minimum atomic E-state index is -3.82. The number of hydrogen-bond donors (Lipinski definition) is 2. The van der Waals surface area contributed by atoms with E-state index in [-0.39, 0.29) is 23.6 Å². The zero-order valence-corrected chi connectivity index (χ0v) is 16.0. The summed E-state index contributed by atoms with van der Waals surface area (Å²) in [6.07, 6.45) is -0.233. The number of nitrogens with one attached hydrogen (secondary N) is 2. The molecule has 0 unspecified atom stereocenters. The highest BCUT2D eigenvalue weighted by Crippen LogP contribution is 2.11. The Morgan fingerprint density at radius 3 is 2.21 bits per heavy atom. The fourth-order valence-electron chi connectivity index (χ4n) is 2.18. The van der Waals surface area contributed by atoms with Crippen molar-refractivity contribution in [1.82, 2.24) is 4.72 Å². The molecule has 0 bridgehead atoms. The van der Waals surface area contributed by atoms with Crippen molar-refractivity contribution < 1.29 is 27.5 Å². The Kier molecular flexibility index (Phi) is 7.42. The number of ether oxygens (including phenoxy) is 1. The number of carbonyl (C=O) groups is 3. The van der Waals surface area contributed by atoms with Crippen LogP contribution < -0.4 is 10.0 Å². The van der Waals surface area contributed by atoms with Gasteiger partial charge in [0.2, 0.25) is 10.0 Å². The second-order valence-corrected chi connectivity index (χ2v) is 7.57. The van der Waals surface area contributed by atoms with Crippen molar-refractivity contribution in [3.05, 3.63) is 60.2 Å². The van der Waals surface area contributed by atoms with E-state index in [2.05, 4.69) is 10.0 Å². The quantitative estimate of drug-likeness (QED) is 0.485. The second-order valence-electron chi connectivity index (χ2n) is 5.80. The Bertz CT molecular complexity index is 940. The average molecular weight is 404 g/mol. The topological polar surface area (TPSA) is 119 Å². The average Bonchev–Trinajstić information content (AvgIpc) is 2.67. The van der Waals surface area contributed by atoms with Gasteiger partial charge in [0, 0.05) is 17.8 Å². The molecule has 2 aromatic carbocycles. The zero-order valence-electron chi connectivity index (χ0n) is 15.2. The molecule has 0 saturated carbocycles. The molecule has 0 aromatic heterocycles. The van der Waals surface area contributed by atoms with Crippen LogP contribution in [0.5, 0.6) is 0 Å². The van der Waals surface area contributed by atoms with E-state index >= 15 is 0 Å². The number of carbonyl (C=O) groups excluding carboxylic acids is 3. The first kappa shape index (κ1) is 21.3. The molecule has 0 aliphatic rings. The Morgan fingerprint density at radius 1 is 0.964 bits per heavy atom. The molecule has 1 amide bonds. The highest BCUT2D eigenvalue weighted by atomic mass is 32.2. The van der Waals surface area contributed by atoms with E-state index in [9.17, 15) is 22.8 Å². The number of benzene rings is 2. The molecule has 0 spiro atoms. The molecule has 0 aliphatic carbocycles. The predicted octanol–water partition coefficient (Wildman–Crippen LogP) is 1.74. The summed E-state index contributed by atoms with van der Waals surface area (Å²) >= 11 is 0. The lowest BCUT2D eigenvalue weighted by molar-refractivity contribution is -0.147. The molecular formula is C19H20N2O6S. The summed E-state index contributed by atoms with van der Waals surface area (Å²) in [6, 6.07) is 14.1. The van der Waals surface area contributed by atoms with Crippen LogP contribution in [0, 0.1) is 0 Å². The third-order valence-corrected chi connectivity index (χ3v) is 5.09. The van der Waals surface area contributed by atoms with Gasteiger partial charge in [-0.1, -0.05) is 30.3 Å². The molecule has 0 aliphatic heterocycles. The Hall–Kier alpha value is -3.04. The van der Waals surface area contributed by atoms with Gasteiger partial charge in [-0.05, 0) is 31.2 Å². The molecule has 28 heavy (non-hydrogen) atoms. The van der Waals surface area contributed by atoms with E-state index in [4.69, 9.17) is 4.74 Å². The largest absolute Gasteiger partial charge is 0.456 e. The van der Waals surface area contributed by atoms with Crippen LogP contribution in [0.25, 0.3) is 0 Å². The lowest BCUT2D eigenvalue weighted by Crippen LogP contribution is -2.28. The summed E-state index contributed by atoms with van der Waals surface area (Å²) in [7, 11) is -3.82. The first-order chi connectivity index (χ1) is 13.3. The molecule has 2 N–H and O–H groups in total. The van der Waals surface area contributed by atoms with Crippen molar-refractivity contribution >= 4 is 33.4 Å². The smallest absolute Gasteiger partial charge is 0.307 e. The first-order valence-electron chi connectivity index (χ1n) is 8.39. The normalized spacial score (nSPS) is 10.9. The van der Waals surface area contributed by atoms with Crippen LogP contribution in [0.15, 0.2) is 59.5 Å². The number of rotatable bonds is 9. The van der Waals surface area contributed by atoms with Crippen molar-refractivity contribution in [3.63, 3.8) is 0 Å². The summed E-state index contributed by atoms with van der Waals surface area (Å²) in [4.78, 5) is 34.6. The van der Waals surface area contributed by atoms with Crippen molar-refractivity contribution in [1.29, 1.82) is 0 Å². The molecule has 0 radical (unpaired) electrons. The minimum absolute atomic E-state index is 0.0203. The van der Waals surface area contributed by atoms with Crippen molar-refractivity contribution in [2.75, 3.05) is 18.5 Å². The van der Waals surface area contributed by atoms with Crippen LogP contribution in [-0.2, 0) is 24.3 Å². The van der Waals surface area contributed by atoms with Gasteiger partial charge in [0.15, 0.2) is 12.4 Å². The van der Waals surface area contributed by atoms with E-state index in [1.54, 1.807) is 30.3 Å². The van der Waals surface area contributed by atoms with Crippen molar-refractivity contribution in [2.24, 2.45) is 0 Å². The fraction of sp³-hybridized carbons (Fsp3) is 0.211. The van der Waals surface area contributed by atoms with E-state index < -0.39 is 28.5 Å². The number of amides is 1. The third kappa shape index (κ3) is 6.60. The number of sulfonamides is 1. The molecule has 0 atom stereocenters. The Labute approximate surface area is 163 Å². The molecule has 0 heterocycles. The highest BCUT2D eigenvalue weighted by molar-refractivity contribution is 7.89. The minimum Gasteiger partial charge on any atom is -0.456 e. The molecule has 148 valence electrons. The van der Waals surface area contributed by atoms with E-state index in [1.807, 2.05) is 0 Å². The summed E-state index contributed by atoms with van der Waals surface area (Å²) in [5.41, 5.74) is 0.975. The third-order valence-electron chi connectivity index (χ3n) is 3.61. The maximum absolute atomic E-state index is 12.2. The van der Waals surface area contributed by atoms with Gasteiger partial charge < -0.3 is 10.1 Å². The maximum Gasteiger partial charge on any atom is 0.307 e. The number of ketones is 1. The number of hydrogen-bond acceptors (Lipinski definition) is 6. The lowest BCUT2D eigenvalue weighted by atomic mass is 10.2. The molecule has 8 nitrogen and oxygen atoms in total. The standard InChI is InChI=1S/C19H20N2O6S/c1-14(22)15-7-9-17(10-8-15)28(25,26)20-12-11-19(24)27-13-18(23)21-16-5-3-2-4-6-16/h2-10,20H,11-13H2,1H3,(H,21,23). The van der Waals surface area contributed by atoms with E-state index in [0.29, 0.717) is 11.3 Å². The molecule has 0 fully saturated rings. The van der Waals surface area contributed by atoms with Gasteiger partial charge in [0.1, 0.15) is 0 Å². The fourth-order valence-corrected chi connectivity index (χ4v) is 3.21. The second kappa shape index (κ2) is 9.77. The van der Waals surface area contributed by atoms with Gasteiger partial charge in [-0.25, -0.2) is 13.1 Å². The summed E-state index contributed by atoms with van der Waals surface area (Å²) in [5.74, 6) is -1.38. The summed E-state index contributed by atoms with van der Waals surface area (Å²) in [5, 5.41) is 2.56. The van der Waals surface area contributed by atoms with Crippen molar-refractivity contribution in [2.45, 2.75) is 18.2 Å². The van der Waals surface area contributed by atoms with Gasteiger partial charge in [0.05, 0.1) is 11.3 Å². The van der Waals surface area contributed by atoms with E-state index in [0.717, 1.165) is 0 Å². The monoisotopic (exact) mass is 404 g/mol. The molecule has 9 heteroatoms. The number of esters is 1. The Morgan fingerprint density at radius 2 is 1.61 bits per heavy atom. The lowest BCUT2D eigenvalue weighted by Gasteiger charge is -2.08. The van der Waals surface area contributed by atoms with Crippen LogP contribution in [0.3, 0.4) is 0 Å². The molecule has 2 aromatic rings. The predicted molar refractivity (Wildman–Crippen MR) is 102 cm³/mol. The zero-order chi connectivity index (χ0) is 20.6. The van der Waals surface area contributed by atoms with Crippen LogP contribution in [0.1, 0.15) is 23.7 Å². The molecule has 2 rings (SSSR count). The maximum atomic E-state index is 12.2. The summed E-state index contributed by atoms with van der Waals surface area (Å²) in [6.45, 7) is 0.733. The summed E-state index contributed by atoms with van der Waals surface area (Å²) < 4.78 is 31.4. The SMILES string of the molecule is CC(=O)c1ccc(S(=O)(=O)NCCC(=O)OCC(=O)Nc2ccccc2)cc1. The van der Waals surface area contributed by atoms with Crippen molar-refractivity contribution in [3.8, 4) is 0 Å². The van der Waals surface area contributed by atoms with Crippen LogP contribution in [0.2, 0.25) is 0 Å². The van der Waals surface area contributed by atoms with Gasteiger partial charge in [-0.3, -0.25) is 14.4 Å². The Balaban J connectivity index is 1.74. The van der Waals surface area contributed by atoms with Crippen LogP contribution in [0.4, 0.5) is 5.69 Å². The van der Waals surface area contributed by atoms with Gasteiger partial charge in [0.25, 0.3) is 5.91 Å². The van der Waals surface area contributed by atoms with Crippen LogP contribution in [-0.4, -0.2) is 39.2 Å². The molecule has 0 saturated heterocycles. The first-order valence-corrected chi connectivity index (χ1v) is 9.87. The number of Topliss-reactive ketones (excluding diaryl/α,β-unsaturated/α-hetero) is 1. The van der Waals surface area contributed by atoms with Gasteiger partial charge >= 0.3 is 5.97 Å². The molecular weight excluding hydrogens is 384 g/mol. The number of anilines is 1.